The summed E-state index contributed by atoms with van der Waals surface area (Å²) in [6.07, 6.45) is 2.08. The molecule has 110 valence electrons. The predicted octanol–water partition coefficient (Wildman–Crippen LogP) is -2.03. The minimum Gasteiger partial charge on any atom is -0.236 e. The van der Waals surface area contributed by atoms with Gasteiger partial charge in [0.05, 0.1) is 6.20 Å². The van der Waals surface area contributed by atoms with Crippen LogP contribution < -0.4 is 23.0 Å². The normalized spacial score (nSPS) is 11.1. The molecule has 2 heterocycles. The van der Waals surface area contributed by atoms with E-state index in [1.807, 2.05) is 18.2 Å². The lowest BCUT2D eigenvalue weighted by molar-refractivity contribution is -2.00. The van der Waals surface area contributed by atoms with Crippen LogP contribution in [0, 0.1) is 17.2 Å². The number of nitrogens with zero attached hydrogens (tertiary/aromatic N) is 1. The van der Waals surface area contributed by atoms with Gasteiger partial charge in [0, 0.05) is 18.6 Å². The zero-order chi connectivity index (χ0) is 15.5. The van der Waals surface area contributed by atoms with Crippen LogP contribution in [0.25, 0.3) is 16.9 Å². The molecule has 0 spiro atoms. The summed E-state index contributed by atoms with van der Waals surface area (Å²) in [5.74, 6) is 0. The lowest BCUT2D eigenvalue weighted by Gasteiger charge is -2.17. The summed E-state index contributed by atoms with van der Waals surface area (Å²) < 4.78 is 36.1. The Labute approximate surface area is 123 Å². The molecule has 0 atom stereocenters. The molecular formula is C14H13ClN2O4. The highest BCUT2D eigenvalue weighted by Crippen LogP contribution is 2.19. The van der Waals surface area contributed by atoms with Crippen LogP contribution >= 0.6 is 0 Å². The molecule has 6 nitrogen and oxygen atoms in total. The first-order valence-electron chi connectivity index (χ1n) is 6.02. The van der Waals surface area contributed by atoms with Crippen molar-refractivity contribution in [1.29, 1.82) is 0 Å². The first-order valence-corrected chi connectivity index (χ1v) is 7.26. The molecule has 3 aromatic rings. The van der Waals surface area contributed by atoms with Crippen LogP contribution in [-0.2, 0) is 0 Å². The molecule has 0 aliphatic carbocycles. The summed E-state index contributed by atoms with van der Waals surface area (Å²) in [7, 11) is -4.94. The summed E-state index contributed by atoms with van der Waals surface area (Å²) in [5, 5.41) is 0. The molecular weight excluding hydrogens is 296 g/mol. The number of halogens is 1. The quantitative estimate of drug-likeness (QED) is 0.522. The van der Waals surface area contributed by atoms with Crippen LogP contribution in [0.1, 0.15) is 5.69 Å². The summed E-state index contributed by atoms with van der Waals surface area (Å²) in [6, 6.07) is 16.6. The number of imidazole rings is 1. The van der Waals surface area contributed by atoms with Crippen LogP contribution in [0.3, 0.4) is 0 Å². The zero-order valence-corrected chi connectivity index (χ0v) is 11.9. The van der Waals surface area contributed by atoms with Crippen molar-refractivity contribution in [2.24, 2.45) is 0 Å². The van der Waals surface area contributed by atoms with Crippen LogP contribution in [0.15, 0.2) is 54.7 Å². The van der Waals surface area contributed by atoms with Crippen molar-refractivity contribution in [1.82, 2.24) is 4.98 Å². The van der Waals surface area contributed by atoms with E-state index in [1.54, 1.807) is 0 Å². The standard InChI is InChI=1S/C14H12N2.ClHO4/c1-11-14(12-7-3-2-4-8-12)15-13-9-5-6-10-16(11)13;2-1(3,4)5/h2-10H,1H3;(H,2,3,4,5). The van der Waals surface area contributed by atoms with Crippen molar-refractivity contribution in [3.05, 3.63) is 60.4 Å². The molecule has 21 heavy (non-hydrogen) atoms. The van der Waals surface area contributed by atoms with Gasteiger partial charge in [0.2, 0.25) is 0 Å². The van der Waals surface area contributed by atoms with Gasteiger partial charge < -0.3 is 0 Å². The van der Waals surface area contributed by atoms with Crippen LogP contribution in [0.4, 0.5) is 0 Å². The maximum absolute atomic E-state index is 8.49. The number of pyridine rings is 1. The zero-order valence-electron chi connectivity index (χ0n) is 11.2. The predicted molar refractivity (Wildman–Crippen MR) is 64.1 cm³/mol. The molecule has 1 N–H and O–H groups in total. The number of hydrogen-bond acceptors (Lipinski definition) is 4. The highest BCUT2D eigenvalue weighted by Gasteiger charge is 2.15. The molecule has 0 unspecified atom stereocenters. The Morgan fingerprint density at radius 1 is 0.905 bits per heavy atom. The number of aryl methyl sites for hydroxylation is 1. The third-order valence-electron chi connectivity index (χ3n) is 2.90. The highest BCUT2D eigenvalue weighted by atomic mass is 35.7. The first kappa shape index (κ1) is 15.4. The monoisotopic (exact) mass is 308 g/mol. The number of rotatable bonds is 1. The number of aromatic amines is 1. The lowest BCUT2D eigenvalue weighted by atomic mass is 10.1. The molecule has 0 bridgehead atoms. The topological polar surface area (TPSA) is 112 Å². The van der Waals surface area contributed by atoms with E-state index in [-0.39, 0.29) is 0 Å². The minimum atomic E-state index is -4.94. The maximum Gasteiger partial charge on any atom is 0.284 e. The second-order valence-corrected chi connectivity index (χ2v) is 5.04. The molecule has 3 rings (SSSR count). The van der Waals surface area contributed by atoms with Crippen LogP contribution in [0.5, 0.6) is 0 Å². The first-order chi connectivity index (χ1) is 9.86. The smallest absolute Gasteiger partial charge is 0.236 e. The summed E-state index contributed by atoms with van der Waals surface area (Å²) in [6.45, 7) is 2.13. The van der Waals surface area contributed by atoms with Gasteiger partial charge in [0.25, 0.3) is 5.65 Å². The fourth-order valence-corrected chi connectivity index (χ4v) is 2.06. The van der Waals surface area contributed by atoms with Gasteiger partial charge in [-0.05, 0) is 6.07 Å². The summed E-state index contributed by atoms with van der Waals surface area (Å²) in [5.41, 5.74) is 4.77. The Balaban J connectivity index is 0.000000282. The lowest BCUT2D eigenvalue weighted by Crippen LogP contribution is -2.68. The maximum atomic E-state index is 8.49. The molecule has 2 aromatic heterocycles. The molecule has 0 aliphatic heterocycles. The minimum absolute atomic E-state index is 1.12. The molecule has 7 heteroatoms. The van der Waals surface area contributed by atoms with E-state index < -0.39 is 10.2 Å². The van der Waals surface area contributed by atoms with E-state index in [2.05, 4.69) is 52.8 Å². The Hall–Kier alpha value is -1.96. The number of H-pyrrole nitrogens is 1. The number of benzene rings is 1. The van der Waals surface area contributed by atoms with Gasteiger partial charge in [-0.25, -0.2) is 23.6 Å². The average Bonchev–Trinajstić information content (AvgIpc) is 2.76. The third kappa shape index (κ3) is 4.25. The number of fused-ring (bicyclic) bond motifs is 1. The largest absolute Gasteiger partial charge is 0.284 e. The van der Waals surface area contributed by atoms with Gasteiger partial charge in [0.1, 0.15) is 0 Å². The van der Waals surface area contributed by atoms with E-state index in [0.717, 1.165) is 5.65 Å². The van der Waals surface area contributed by atoms with Gasteiger partial charge >= 0.3 is 0 Å². The fourth-order valence-electron chi connectivity index (χ4n) is 2.06. The molecule has 0 fully saturated rings. The van der Waals surface area contributed by atoms with Crippen molar-refractivity contribution < 1.29 is 33.3 Å². The van der Waals surface area contributed by atoms with E-state index in [9.17, 15) is 0 Å². The van der Waals surface area contributed by atoms with Crippen molar-refractivity contribution in [3.63, 3.8) is 0 Å². The highest BCUT2D eigenvalue weighted by molar-refractivity contribution is 5.62. The van der Waals surface area contributed by atoms with Crippen LogP contribution in [0.2, 0.25) is 0 Å². The van der Waals surface area contributed by atoms with Gasteiger partial charge in [-0.1, -0.05) is 36.4 Å². The third-order valence-corrected chi connectivity index (χ3v) is 2.90. The Morgan fingerprint density at radius 3 is 2.05 bits per heavy atom. The Kier molecular flexibility index (Phi) is 4.56. The van der Waals surface area contributed by atoms with Gasteiger partial charge in [-0.3, -0.25) is 0 Å². The number of aromatic nitrogens is 2. The summed E-state index contributed by atoms with van der Waals surface area (Å²) in [4.78, 5) is 3.44. The molecule has 1 aromatic carbocycles. The molecule has 0 saturated carbocycles. The Morgan fingerprint density at radius 2 is 1.48 bits per heavy atom. The van der Waals surface area contributed by atoms with E-state index in [0.29, 0.717) is 0 Å². The molecule has 0 amide bonds. The summed E-state index contributed by atoms with van der Waals surface area (Å²) >= 11 is 0. The van der Waals surface area contributed by atoms with E-state index >= 15 is 0 Å². The SMILES string of the molecule is Cc1c(-c2ccccc2)[nH]c2cccc[n+]12.[O-][Cl+3]([O-])([O-])[O-]. The molecule has 0 aliphatic rings. The van der Waals surface area contributed by atoms with Crippen molar-refractivity contribution >= 4 is 5.65 Å². The molecule has 0 saturated heterocycles. The second-order valence-electron chi connectivity index (χ2n) is 4.29. The average molecular weight is 309 g/mol. The van der Waals surface area contributed by atoms with Crippen molar-refractivity contribution in [2.45, 2.75) is 6.92 Å². The number of nitrogens with one attached hydrogen (secondary N) is 1. The van der Waals surface area contributed by atoms with Gasteiger partial charge in [-0.15, -0.1) is 10.2 Å². The fraction of sp³-hybridized carbons (Fsp3) is 0.0714. The second kappa shape index (κ2) is 6.21. The van der Waals surface area contributed by atoms with Crippen molar-refractivity contribution in [3.8, 4) is 11.3 Å². The van der Waals surface area contributed by atoms with Gasteiger partial charge in [-0.2, -0.15) is 4.40 Å². The van der Waals surface area contributed by atoms with E-state index in [1.165, 1.54) is 17.0 Å². The van der Waals surface area contributed by atoms with Gasteiger partial charge in [0.15, 0.2) is 11.4 Å². The number of hydrogen-bond donors (Lipinski definition) is 1. The van der Waals surface area contributed by atoms with Crippen LogP contribution in [-0.4, -0.2) is 4.98 Å². The van der Waals surface area contributed by atoms with Crippen molar-refractivity contribution in [2.75, 3.05) is 0 Å². The Bertz CT molecular complexity index is 717. The molecule has 0 radical (unpaired) electrons. The van der Waals surface area contributed by atoms with E-state index in [4.69, 9.17) is 18.6 Å².